The Hall–Kier alpha value is -0.120. The molecule has 0 atom stereocenters. The highest BCUT2D eigenvalue weighted by atomic mass is 16.7. The Kier molecular flexibility index (Phi) is 9.99. The van der Waals surface area contributed by atoms with Crippen molar-refractivity contribution in [3.63, 3.8) is 0 Å². The molecule has 16 heavy (non-hydrogen) atoms. The molecule has 0 radical (unpaired) electrons. The third-order valence-electron chi connectivity index (χ3n) is 2.54. The third-order valence-corrected chi connectivity index (χ3v) is 2.54. The van der Waals surface area contributed by atoms with Crippen molar-refractivity contribution in [2.45, 2.75) is 46.8 Å². The molecule has 98 valence electrons. The van der Waals surface area contributed by atoms with Gasteiger partial charge < -0.3 is 14.4 Å². The summed E-state index contributed by atoms with van der Waals surface area (Å²) in [7, 11) is 2.16. The fraction of sp³-hybridized carbons (Fsp3) is 1.00. The van der Waals surface area contributed by atoms with E-state index in [1.807, 2.05) is 13.8 Å². The maximum Gasteiger partial charge on any atom is 0.158 e. The van der Waals surface area contributed by atoms with E-state index in [2.05, 4.69) is 25.8 Å². The SMILES string of the molecule is CCOC(CCN(C)CCC(C)C)OCC. The first-order valence-electron chi connectivity index (χ1n) is 6.51. The Morgan fingerprint density at radius 2 is 1.44 bits per heavy atom. The summed E-state index contributed by atoms with van der Waals surface area (Å²) in [6.07, 6.45) is 2.18. The van der Waals surface area contributed by atoms with Crippen LogP contribution in [0.15, 0.2) is 0 Å². The molecule has 0 aliphatic heterocycles. The molecule has 0 heterocycles. The van der Waals surface area contributed by atoms with Gasteiger partial charge in [-0.3, -0.25) is 0 Å². The molecule has 3 heteroatoms. The molecule has 0 aliphatic carbocycles. The lowest BCUT2D eigenvalue weighted by molar-refractivity contribution is -0.141. The molecule has 0 aromatic carbocycles. The molecule has 0 saturated carbocycles. The van der Waals surface area contributed by atoms with Gasteiger partial charge in [-0.2, -0.15) is 0 Å². The lowest BCUT2D eigenvalue weighted by atomic mass is 10.1. The fourth-order valence-electron chi connectivity index (χ4n) is 1.50. The summed E-state index contributed by atoms with van der Waals surface area (Å²) in [5.41, 5.74) is 0. The molecule has 0 fully saturated rings. The minimum atomic E-state index is -0.0310. The van der Waals surface area contributed by atoms with Gasteiger partial charge in [-0.05, 0) is 39.8 Å². The monoisotopic (exact) mass is 231 g/mol. The van der Waals surface area contributed by atoms with Crippen LogP contribution < -0.4 is 0 Å². The minimum Gasteiger partial charge on any atom is -0.353 e. The average molecular weight is 231 g/mol. The summed E-state index contributed by atoms with van der Waals surface area (Å²) < 4.78 is 11.0. The molecule has 0 amide bonds. The smallest absolute Gasteiger partial charge is 0.158 e. The summed E-state index contributed by atoms with van der Waals surface area (Å²) in [6, 6.07) is 0. The zero-order chi connectivity index (χ0) is 12.4. The van der Waals surface area contributed by atoms with E-state index in [-0.39, 0.29) is 6.29 Å². The van der Waals surface area contributed by atoms with Crippen molar-refractivity contribution >= 4 is 0 Å². The Labute approximate surface area is 101 Å². The first-order chi connectivity index (χ1) is 7.60. The number of hydrogen-bond donors (Lipinski definition) is 0. The normalized spacial score (nSPS) is 12.0. The van der Waals surface area contributed by atoms with Gasteiger partial charge in [0.2, 0.25) is 0 Å². The summed E-state index contributed by atoms with van der Waals surface area (Å²) >= 11 is 0. The Bertz CT molecular complexity index is 145. The van der Waals surface area contributed by atoms with Crippen molar-refractivity contribution in [2.24, 2.45) is 5.92 Å². The van der Waals surface area contributed by atoms with Crippen LogP contribution in [0.5, 0.6) is 0 Å². The van der Waals surface area contributed by atoms with E-state index in [1.165, 1.54) is 6.42 Å². The highest BCUT2D eigenvalue weighted by molar-refractivity contribution is 4.56. The summed E-state index contributed by atoms with van der Waals surface area (Å²) in [5.74, 6) is 0.775. The zero-order valence-corrected chi connectivity index (χ0v) is 11.7. The molecule has 0 aliphatic rings. The van der Waals surface area contributed by atoms with E-state index >= 15 is 0 Å². The largest absolute Gasteiger partial charge is 0.353 e. The summed E-state index contributed by atoms with van der Waals surface area (Å²) in [6.45, 7) is 12.2. The van der Waals surface area contributed by atoms with Crippen LogP contribution in [-0.2, 0) is 9.47 Å². The van der Waals surface area contributed by atoms with Crippen LogP contribution in [0.3, 0.4) is 0 Å². The van der Waals surface area contributed by atoms with Crippen LogP contribution in [0.2, 0.25) is 0 Å². The van der Waals surface area contributed by atoms with Crippen LogP contribution in [0, 0.1) is 5.92 Å². The van der Waals surface area contributed by atoms with Crippen molar-refractivity contribution in [3.05, 3.63) is 0 Å². The molecule has 3 nitrogen and oxygen atoms in total. The predicted octanol–water partition coefficient (Wildman–Crippen LogP) is 2.75. The van der Waals surface area contributed by atoms with Gasteiger partial charge >= 0.3 is 0 Å². The van der Waals surface area contributed by atoms with Crippen LogP contribution in [0.4, 0.5) is 0 Å². The second kappa shape index (κ2) is 10.1. The van der Waals surface area contributed by atoms with Gasteiger partial charge in [-0.15, -0.1) is 0 Å². The number of nitrogens with zero attached hydrogens (tertiary/aromatic N) is 1. The van der Waals surface area contributed by atoms with Crippen molar-refractivity contribution < 1.29 is 9.47 Å². The molecule has 0 aromatic rings. The molecular weight excluding hydrogens is 202 g/mol. The topological polar surface area (TPSA) is 21.7 Å². The first kappa shape index (κ1) is 15.9. The molecule has 0 aromatic heterocycles. The molecular formula is C13H29NO2. The van der Waals surface area contributed by atoms with E-state index < -0.39 is 0 Å². The summed E-state index contributed by atoms with van der Waals surface area (Å²) in [4.78, 5) is 2.35. The number of ether oxygens (including phenoxy) is 2. The van der Waals surface area contributed by atoms with Gasteiger partial charge in [-0.1, -0.05) is 13.8 Å². The fourth-order valence-corrected chi connectivity index (χ4v) is 1.50. The minimum absolute atomic E-state index is 0.0310. The van der Waals surface area contributed by atoms with Crippen LogP contribution >= 0.6 is 0 Å². The number of rotatable bonds is 10. The highest BCUT2D eigenvalue weighted by Gasteiger charge is 2.09. The van der Waals surface area contributed by atoms with Crippen molar-refractivity contribution in [2.75, 3.05) is 33.4 Å². The van der Waals surface area contributed by atoms with E-state index in [0.717, 1.165) is 38.6 Å². The van der Waals surface area contributed by atoms with Gasteiger partial charge in [0.1, 0.15) is 0 Å². The van der Waals surface area contributed by atoms with E-state index in [4.69, 9.17) is 9.47 Å². The second-order valence-corrected chi connectivity index (χ2v) is 4.61. The lowest BCUT2D eigenvalue weighted by Crippen LogP contribution is -2.27. The lowest BCUT2D eigenvalue weighted by Gasteiger charge is -2.22. The van der Waals surface area contributed by atoms with Crippen LogP contribution in [0.1, 0.15) is 40.5 Å². The molecule has 0 bridgehead atoms. The maximum atomic E-state index is 5.51. The van der Waals surface area contributed by atoms with Crippen molar-refractivity contribution in [1.29, 1.82) is 0 Å². The van der Waals surface area contributed by atoms with Gasteiger partial charge in [0.05, 0.1) is 0 Å². The predicted molar refractivity (Wildman–Crippen MR) is 68.6 cm³/mol. The molecule has 0 rings (SSSR count). The zero-order valence-electron chi connectivity index (χ0n) is 11.7. The summed E-state index contributed by atoms with van der Waals surface area (Å²) in [5, 5.41) is 0. The second-order valence-electron chi connectivity index (χ2n) is 4.61. The van der Waals surface area contributed by atoms with Crippen molar-refractivity contribution in [1.82, 2.24) is 4.90 Å². The van der Waals surface area contributed by atoms with Gasteiger partial charge in [-0.25, -0.2) is 0 Å². The Morgan fingerprint density at radius 1 is 0.938 bits per heavy atom. The average Bonchev–Trinajstić information content (AvgIpc) is 2.23. The van der Waals surface area contributed by atoms with Gasteiger partial charge in [0, 0.05) is 26.2 Å². The molecule has 0 N–H and O–H groups in total. The molecule has 0 saturated heterocycles. The van der Waals surface area contributed by atoms with Crippen LogP contribution in [0.25, 0.3) is 0 Å². The van der Waals surface area contributed by atoms with E-state index in [1.54, 1.807) is 0 Å². The molecule has 0 unspecified atom stereocenters. The number of hydrogen-bond acceptors (Lipinski definition) is 3. The van der Waals surface area contributed by atoms with E-state index in [0.29, 0.717) is 0 Å². The quantitative estimate of drug-likeness (QED) is 0.540. The Morgan fingerprint density at radius 3 is 1.88 bits per heavy atom. The van der Waals surface area contributed by atoms with E-state index in [9.17, 15) is 0 Å². The van der Waals surface area contributed by atoms with Crippen molar-refractivity contribution in [3.8, 4) is 0 Å². The third kappa shape index (κ3) is 9.13. The van der Waals surface area contributed by atoms with Gasteiger partial charge in [0.15, 0.2) is 6.29 Å². The maximum absolute atomic E-state index is 5.51. The van der Waals surface area contributed by atoms with Gasteiger partial charge in [0.25, 0.3) is 0 Å². The first-order valence-corrected chi connectivity index (χ1v) is 6.51. The van der Waals surface area contributed by atoms with Crippen LogP contribution in [-0.4, -0.2) is 44.5 Å². The standard InChI is InChI=1S/C13H29NO2/c1-6-15-13(16-7-2)9-11-14(5)10-8-12(3)4/h12-13H,6-11H2,1-5H3. The Balaban J connectivity index is 3.64. The highest BCUT2D eigenvalue weighted by Crippen LogP contribution is 2.05. The molecule has 0 spiro atoms.